The second kappa shape index (κ2) is 7.97. The Kier molecular flexibility index (Phi) is 6.83. The van der Waals surface area contributed by atoms with Crippen molar-refractivity contribution >= 4 is 12.0 Å². The van der Waals surface area contributed by atoms with Gasteiger partial charge in [0, 0.05) is 26.1 Å². The highest BCUT2D eigenvalue weighted by Crippen LogP contribution is 2.22. The maximum atomic E-state index is 12.2. The lowest BCUT2D eigenvalue weighted by Gasteiger charge is -2.40. The van der Waals surface area contributed by atoms with Gasteiger partial charge < -0.3 is 25.0 Å². The molecule has 1 rings (SSSR count). The molecule has 1 unspecified atom stereocenters. The number of carbonyl (C=O) groups is 2. The standard InChI is InChI=1S/C16H31N3O4/c1-15(2,3)23-14(21)17-9-7-13(20)19-10-6-8-16(22,12-19)11-18(4)5/h22H,6-12H2,1-5H3,(H,17,21). The number of nitrogens with one attached hydrogen (secondary N) is 1. The van der Waals surface area contributed by atoms with Gasteiger partial charge >= 0.3 is 6.09 Å². The van der Waals surface area contributed by atoms with Gasteiger partial charge in [0.05, 0.1) is 12.1 Å². The number of carbonyl (C=O) groups excluding carboxylic acids is 2. The van der Waals surface area contributed by atoms with Crippen molar-refractivity contribution in [2.24, 2.45) is 0 Å². The lowest BCUT2D eigenvalue weighted by atomic mass is 9.92. The topological polar surface area (TPSA) is 82.1 Å². The highest BCUT2D eigenvalue weighted by Gasteiger charge is 2.35. The van der Waals surface area contributed by atoms with Crippen molar-refractivity contribution in [1.29, 1.82) is 0 Å². The molecular formula is C16H31N3O4. The molecule has 7 heteroatoms. The zero-order valence-corrected chi connectivity index (χ0v) is 15.0. The van der Waals surface area contributed by atoms with Crippen molar-refractivity contribution < 1.29 is 19.4 Å². The largest absolute Gasteiger partial charge is 0.444 e. The molecule has 1 saturated heterocycles. The van der Waals surface area contributed by atoms with E-state index < -0.39 is 17.3 Å². The molecule has 23 heavy (non-hydrogen) atoms. The molecule has 1 aliphatic heterocycles. The molecule has 2 N–H and O–H groups in total. The van der Waals surface area contributed by atoms with E-state index in [1.54, 1.807) is 25.7 Å². The highest BCUT2D eigenvalue weighted by atomic mass is 16.6. The van der Waals surface area contributed by atoms with Gasteiger partial charge in [0.2, 0.25) is 5.91 Å². The predicted molar refractivity (Wildman–Crippen MR) is 88.2 cm³/mol. The van der Waals surface area contributed by atoms with Crippen LogP contribution in [0.2, 0.25) is 0 Å². The first kappa shape index (κ1) is 19.7. The van der Waals surface area contributed by atoms with Gasteiger partial charge in [-0.25, -0.2) is 4.79 Å². The van der Waals surface area contributed by atoms with Gasteiger partial charge in [0.25, 0.3) is 0 Å². The Morgan fingerprint density at radius 2 is 2.00 bits per heavy atom. The average molecular weight is 329 g/mol. The molecule has 0 aromatic carbocycles. The highest BCUT2D eigenvalue weighted by molar-refractivity contribution is 5.77. The van der Waals surface area contributed by atoms with Crippen LogP contribution in [0, 0.1) is 0 Å². The van der Waals surface area contributed by atoms with Gasteiger partial charge in [0.1, 0.15) is 5.60 Å². The van der Waals surface area contributed by atoms with Crippen LogP contribution in [-0.4, -0.2) is 78.4 Å². The predicted octanol–water partition coefficient (Wildman–Crippen LogP) is 0.816. The molecule has 0 aromatic heterocycles. The van der Waals surface area contributed by atoms with Crippen LogP contribution in [0.15, 0.2) is 0 Å². The molecule has 1 aliphatic rings. The molecule has 0 aliphatic carbocycles. The summed E-state index contributed by atoms with van der Waals surface area (Å²) in [7, 11) is 3.81. The molecule has 2 amide bonds. The van der Waals surface area contributed by atoms with E-state index in [1.807, 2.05) is 19.0 Å². The molecule has 0 radical (unpaired) electrons. The zero-order valence-electron chi connectivity index (χ0n) is 15.0. The number of hydrogen-bond acceptors (Lipinski definition) is 5. The summed E-state index contributed by atoms with van der Waals surface area (Å²) in [5, 5.41) is 13.2. The fourth-order valence-electron chi connectivity index (χ4n) is 2.79. The molecule has 1 heterocycles. The van der Waals surface area contributed by atoms with Crippen LogP contribution in [0.3, 0.4) is 0 Å². The first-order valence-corrected chi connectivity index (χ1v) is 8.12. The Hall–Kier alpha value is -1.34. The quantitative estimate of drug-likeness (QED) is 0.780. The number of ether oxygens (including phenoxy) is 1. The number of alkyl carbamates (subject to hydrolysis) is 1. The number of hydrogen-bond donors (Lipinski definition) is 2. The number of likely N-dealkylation sites (N-methyl/N-ethyl adjacent to an activating group) is 1. The minimum atomic E-state index is -0.851. The minimum absolute atomic E-state index is 0.0575. The first-order chi connectivity index (χ1) is 10.5. The summed E-state index contributed by atoms with van der Waals surface area (Å²) in [6.45, 7) is 7.13. The number of likely N-dealkylation sites (tertiary alicyclic amines) is 1. The third kappa shape index (κ3) is 7.65. The van der Waals surface area contributed by atoms with Gasteiger partial charge in [-0.15, -0.1) is 0 Å². The molecule has 0 spiro atoms. The lowest BCUT2D eigenvalue weighted by Crippen LogP contribution is -2.55. The van der Waals surface area contributed by atoms with Crippen molar-refractivity contribution in [3.63, 3.8) is 0 Å². The van der Waals surface area contributed by atoms with E-state index in [1.165, 1.54) is 0 Å². The van der Waals surface area contributed by atoms with E-state index >= 15 is 0 Å². The summed E-state index contributed by atoms with van der Waals surface area (Å²) in [5.74, 6) is -0.0575. The fourth-order valence-corrected chi connectivity index (χ4v) is 2.79. The first-order valence-electron chi connectivity index (χ1n) is 8.12. The molecule has 1 atom stereocenters. The van der Waals surface area contributed by atoms with E-state index in [0.717, 1.165) is 6.42 Å². The Morgan fingerprint density at radius 1 is 1.35 bits per heavy atom. The van der Waals surface area contributed by atoms with Crippen LogP contribution < -0.4 is 5.32 Å². The molecule has 7 nitrogen and oxygen atoms in total. The van der Waals surface area contributed by atoms with E-state index in [9.17, 15) is 14.7 Å². The maximum absolute atomic E-state index is 12.2. The van der Waals surface area contributed by atoms with Gasteiger partial charge in [0.15, 0.2) is 0 Å². The average Bonchev–Trinajstić information content (AvgIpc) is 2.34. The second-order valence-electron chi connectivity index (χ2n) is 7.56. The van der Waals surface area contributed by atoms with Crippen LogP contribution in [0.4, 0.5) is 4.79 Å². The fraction of sp³-hybridized carbons (Fsp3) is 0.875. The Balaban J connectivity index is 2.38. The second-order valence-corrected chi connectivity index (χ2v) is 7.56. The maximum Gasteiger partial charge on any atom is 0.407 e. The lowest BCUT2D eigenvalue weighted by molar-refractivity contribution is -0.139. The third-order valence-corrected chi connectivity index (χ3v) is 3.53. The van der Waals surface area contributed by atoms with Crippen molar-refractivity contribution in [3.05, 3.63) is 0 Å². The van der Waals surface area contributed by atoms with Gasteiger partial charge in [-0.3, -0.25) is 4.79 Å². The smallest absolute Gasteiger partial charge is 0.407 e. The van der Waals surface area contributed by atoms with E-state index in [4.69, 9.17) is 4.74 Å². The van der Waals surface area contributed by atoms with Crippen LogP contribution in [0.25, 0.3) is 0 Å². The summed E-state index contributed by atoms with van der Waals surface area (Å²) in [6, 6.07) is 0. The van der Waals surface area contributed by atoms with Crippen LogP contribution in [0.5, 0.6) is 0 Å². The minimum Gasteiger partial charge on any atom is -0.444 e. The van der Waals surface area contributed by atoms with E-state index in [2.05, 4.69) is 5.32 Å². The molecule has 0 aromatic rings. The van der Waals surface area contributed by atoms with Crippen LogP contribution in [-0.2, 0) is 9.53 Å². The number of β-amino-alcohol motifs (C(OH)–C–C–N with tert-alkyl or cyclic N) is 1. The molecule has 0 bridgehead atoms. The molecule has 1 fully saturated rings. The van der Waals surface area contributed by atoms with Gasteiger partial charge in [-0.05, 0) is 47.7 Å². The van der Waals surface area contributed by atoms with Crippen molar-refractivity contribution in [2.75, 3.05) is 40.3 Å². The summed E-state index contributed by atoms with van der Waals surface area (Å²) in [5.41, 5.74) is -1.40. The van der Waals surface area contributed by atoms with Gasteiger partial charge in [-0.1, -0.05) is 0 Å². The SMILES string of the molecule is CN(C)CC1(O)CCCN(C(=O)CCNC(=O)OC(C)(C)C)C1. The van der Waals surface area contributed by atoms with Crippen LogP contribution in [0.1, 0.15) is 40.0 Å². The van der Waals surface area contributed by atoms with Crippen LogP contribution >= 0.6 is 0 Å². The van der Waals surface area contributed by atoms with Crippen molar-refractivity contribution in [3.8, 4) is 0 Å². The summed E-state index contributed by atoms with van der Waals surface area (Å²) < 4.78 is 5.12. The molecule has 134 valence electrons. The monoisotopic (exact) mass is 329 g/mol. The Bertz CT molecular complexity index is 420. The molecule has 0 saturated carbocycles. The summed E-state index contributed by atoms with van der Waals surface area (Å²) in [6.07, 6.45) is 1.17. The van der Waals surface area contributed by atoms with E-state index in [-0.39, 0.29) is 18.9 Å². The number of nitrogens with zero attached hydrogens (tertiary/aromatic N) is 2. The third-order valence-electron chi connectivity index (χ3n) is 3.53. The number of amides is 2. The summed E-state index contributed by atoms with van der Waals surface area (Å²) in [4.78, 5) is 27.4. The normalized spacial score (nSPS) is 22.1. The number of aliphatic hydroxyl groups is 1. The van der Waals surface area contributed by atoms with Crippen molar-refractivity contribution in [1.82, 2.24) is 15.1 Å². The number of rotatable bonds is 5. The van der Waals surface area contributed by atoms with Gasteiger partial charge in [-0.2, -0.15) is 0 Å². The molecular weight excluding hydrogens is 298 g/mol. The van der Waals surface area contributed by atoms with E-state index in [0.29, 0.717) is 26.1 Å². The Morgan fingerprint density at radius 3 is 2.57 bits per heavy atom. The van der Waals surface area contributed by atoms with Crippen molar-refractivity contribution in [2.45, 2.75) is 51.2 Å². The number of piperidine rings is 1. The Labute approximate surface area is 139 Å². The summed E-state index contributed by atoms with van der Waals surface area (Å²) >= 11 is 0. The zero-order chi connectivity index (χ0) is 17.7.